The number of carbonyl (C=O) groups excluding carboxylic acids is 2. The molecule has 0 bridgehead atoms. The maximum Gasteiger partial charge on any atom is 0.338 e. The van der Waals surface area contributed by atoms with E-state index in [9.17, 15) is 9.59 Å². The maximum atomic E-state index is 13.6. The molecule has 5 rings (SSSR count). The molecule has 1 heterocycles. The molecule has 1 fully saturated rings. The molecule has 5 atom stereocenters. The Kier molecular flexibility index (Phi) is 12.2. The first-order valence-electron chi connectivity index (χ1n) is 15.3. The van der Waals surface area contributed by atoms with Crippen LogP contribution in [0.2, 0.25) is 0 Å². The zero-order chi connectivity index (χ0) is 33.7. The number of benzene rings is 4. The molecule has 1 aliphatic rings. The number of ether oxygens (including phenoxy) is 9. The van der Waals surface area contributed by atoms with Crippen molar-refractivity contribution in [1.82, 2.24) is 0 Å². The van der Waals surface area contributed by atoms with E-state index in [-0.39, 0.29) is 19.8 Å². The van der Waals surface area contributed by atoms with E-state index in [2.05, 4.69) is 0 Å². The quantitative estimate of drug-likeness (QED) is 0.156. The van der Waals surface area contributed by atoms with Crippen LogP contribution in [0, 0.1) is 0 Å². The number of carbonyl (C=O) groups is 2. The fourth-order valence-electron chi connectivity index (χ4n) is 5.03. The molecule has 0 unspecified atom stereocenters. The molecule has 1 saturated heterocycles. The van der Waals surface area contributed by atoms with Gasteiger partial charge in [0.15, 0.2) is 12.2 Å². The van der Waals surface area contributed by atoms with Gasteiger partial charge in [-0.2, -0.15) is 0 Å². The van der Waals surface area contributed by atoms with Crippen LogP contribution in [-0.2, 0) is 35.1 Å². The zero-order valence-corrected chi connectivity index (χ0v) is 26.9. The molecule has 11 nitrogen and oxygen atoms in total. The lowest BCUT2D eigenvalue weighted by atomic mass is 9.97. The lowest BCUT2D eigenvalue weighted by Crippen LogP contribution is -2.64. The van der Waals surface area contributed by atoms with Crippen LogP contribution in [0.25, 0.3) is 0 Å². The summed E-state index contributed by atoms with van der Waals surface area (Å²) in [6.45, 7) is -0.359. The van der Waals surface area contributed by atoms with Gasteiger partial charge in [0, 0.05) is 7.11 Å². The van der Waals surface area contributed by atoms with Crippen LogP contribution >= 0.6 is 0 Å². The van der Waals surface area contributed by atoms with Gasteiger partial charge in [-0.05, 0) is 66.2 Å². The Bertz CT molecular complexity index is 1560. The van der Waals surface area contributed by atoms with Crippen LogP contribution in [0.1, 0.15) is 15.9 Å². The summed E-state index contributed by atoms with van der Waals surface area (Å²) < 4.78 is 53.1. The van der Waals surface area contributed by atoms with Crippen molar-refractivity contribution in [2.24, 2.45) is 0 Å². The molecule has 1 aliphatic heterocycles. The number of hydrogen-bond acceptors (Lipinski definition) is 11. The first kappa shape index (κ1) is 34.2. The summed E-state index contributed by atoms with van der Waals surface area (Å²) in [5, 5.41) is 0. The summed E-state index contributed by atoms with van der Waals surface area (Å²) in [6.07, 6.45) is -5.25. The van der Waals surface area contributed by atoms with E-state index < -0.39 is 42.6 Å². The Morgan fingerprint density at radius 2 is 1.21 bits per heavy atom. The Labute approximate surface area is 279 Å². The molecule has 11 heteroatoms. The van der Waals surface area contributed by atoms with E-state index in [0.29, 0.717) is 28.6 Å². The third-order valence-corrected chi connectivity index (χ3v) is 7.44. The second-order valence-electron chi connectivity index (χ2n) is 10.7. The van der Waals surface area contributed by atoms with Crippen LogP contribution in [0.5, 0.6) is 23.0 Å². The molecule has 4 aromatic carbocycles. The molecule has 48 heavy (non-hydrogen) atoms. The predicted molar refractivity (Wildman–Crippen MR) is 173 cm³/mol. The molecule has 252 valence electrons. The highest BCUT2D eigenvalue weighted by molar-refractivity contribution is 5.89. The summed E-state index contributed by atoms with van der Waals surface area (Å²) in [6, 6.07) is 31.9. The zero-order valence-electron chi connectivity index (χ0n) is 26.9. The van der Waals surface area contributed by atoms with Crippen molar-refractivity contribution < 1.29 is 52.2 Å². The molecular weight excluding hydrogens is 620 g/mol. The lowest BCUT2D eigenvalue weighted by molar-refractivity contribution is -0.283. The van der Waals surface area contributed by atoms with Gasteiger partial charge in [0.2, 0.25) is 6.29 Å². The minimum atomic E-state index is -1.21. The third-order valence-electron chi connectivity index (χ3n) is 7.44. The highest BCUT2D eigenvalue weighted by Crippen LogP contribution is 2.33. The number of rotatable bonds is 15. The molecule has 0 aliphatic carbocycles. The molecule has 0 amide bonds. The first-order valence-corrected chi connectivity index (χ1v) is 15.3. The molecular formula is C37H38O11. The van der Waals surface area contributed by atoms with Crippen molar-refractivity contribution >= 4 is 11.9 Å². The van der Waals surface area contributed by atoms with E-state index in [4.69, 9.17) is 42.6 Å². The van der Waals surface area contributed by atoms with Crippen LogP contribution in [0.15, 0.2) is 109 Å². The van der Waals surface area contributed by atoms with Crippen LogP contribution in [0.3, 0.4) is 0 Å². The summed E-state index contributed by atoms with van der Waals surface area (Å²) in [7, 11) is 4.52. The minimum Gasteiger partial charge on any atom is -0.497 e. The average Bonchev–Trinajstić information content (AvgIpc) is 3.13. The van der Waals surface area contributed by atoms with Gasteiger partial charge in [-0.25, -0.2) is 9.59 Å². The van der Waals surface area contributed by atoms with Crippen LogP contribution in [0.4, 0.5) is 0 Å². The SMILES string of the molecule is COCC(=O)OC[C@H]1O[C@H](Oc2ccc(OC)cc2)[C@H](OC(=O)c2ccccc2)[C@@H](OCc2ccccc2)[C@@H]1Oc1ccc(OC)cc1. The maximum absolute atomic E-state index is 13.6. The van der Waals surface area contributed by atoms with Gasteiger partial charge >= 0.3 is 11.9 Å². The summed E-state index contributed by atoms with van der Waals surface area (Å²) in [4.78, 5) is 26.0. The molecule has 0 aromatic heterocycles. The van der Waals surface area contributed by atoms with Crippen molar-refractivity contribution in [2.45, 2.75) is 37.3 Å². The van der Waals surface area contributed by atoms with Crippen molar-refractivity contribution in [3.63, 3.8) is 0 Å². The number of esters is 2. The van der Waals surface area contributed by atoms with Gasteiger partial charge in [-0.1, -0.05) is 48.5 Å². The highest BCUT2D eigenvalue weighted by Gasteiger charge is 2.52. The Hall–Kier alpha value is -5.10. The van der Waals surface area contributed by atoms with Gasteiger partial charge in [-0.15, -0.1) is 0 Å². The largest absolute Gasteiger partial charge is 0.497 e. The number of methoxy groups -OCH3 is 3. The average molecular weight is 659 g/mol. The second-order valence-corrected chi connectivity index (χ2v) is 10.7. The summed E-state index contributed by atoms with van der Waals surface area (Å²) >= 11 is 0. The van der Waals surface area contributed by atoms with Gasteiger partial charge in [0.05, 0.1) is 26.4 Å². The Morgan fingerprint density at radius 1 is 0.646 bits per heavy atom. The topological polar surface area (TPSA) is 117 Å². The van der Waals surface area contributed by atoms with Crippen LogP contribution in [-0.4, -0.2) is 77.2 Å². The molecule has 4 aromatic rings. The normalized spacial score (nSPS) is 20.3. The van der Waals surface area contributed by atoms with E-state index in [1.807, 2.05) is 30.3 Å². The van der Waals surface area contributed by atoms with Crippen molar-refractivity contribution in [3.8, 4) is 23.0 Å². The number of hydrogen-bond donors (Lipinski definition) is 0. The van der Waals surface area contributed by atoms with E-state index in [0.717, 1.165) is 5.56 Å². The van der Waals surface area contributed by atoms with E-state index >= 15 is 0 Å². The van der Waals surface area contributed by atoms with Crippen molar-refractivity contribution in [1.29, 1.82) is 0 Å². The monoisotopic (exact) mass is 658 g/mol. The summed E-state index contributed by atoms with van der Waals surface area (Å²) in [5.41, 5.74) is 1.20. The van der Waals surface area contributed by atoms with Gasteiger partial charge in [0.1, 0.15) is 48.4 Å². The van der Waals surface area contributed by atoms with Gasteiger partial charge in [-0.3, -0.25) is 0 Å². The first-order chi connectivity index (χ1) is 23.5. The molecule has 0 radical (unpaired) electrons. The highest BCUT2D eigenvalue weighted by atomic mass is 16.7. The van der Waals surface area contributed by atoms with Gasteiger partial charge < -0.3 is 42.6 Å². The predicted octanol–water partition coefficient (Wildman–Crippen LogP) is 5.26. The van der Waals surface area contributed by atoms with Crippen molar-refractivity contribution in [2.75, 3.05) is 34.5 Å². The molecule has 0 N–H and O–H groups in total. The Balaban J connectivity index is 1.54. The van der Waals surface area contributed by atoms with Gasteiger partial charge in [0.25, 0.3) is 0 Å². The van der Waals surface area contributed by atoms with E-state index in [1.54, 1.807) is 93.1 Å². The summed E-state index contributed by atoms with van der Waals surface area (Å²) in [5.74, 6) is 0.901. The fourth-order valence-corrected chi connectivity index (χ4v) is 5.03. The third kappa shape index (κ3) is 9.25. The van der Waals surface area contributed by atoms with Crippen LogP contribution < -0.4 is 18.9 Å². The Morgan fingerprint density at radius 3 is 1.79 bits per heavy atom. The smallest absolute Gasteiger partial charge is 0.338 e. The molecule has 0 saturated carbocycles. The molecule has 0 spiro atoms. The second kappa shape index (κ2) is 17.2. The standard InChI is InChI=1S/C37H38O11/c1-40-24-32(38)43-23-31-33(45-29-18-14-27(41-2)15-19-29)34(44-22-25-10-6-4-7-11-25)35(48-36(39)26-12-8-5-9-13-26)37(47-31)46-30-20-16-28(42-3)17-21-30/h4-21,31,33-35,37H,22-24H2,1-3H3/t31-,33-,34+,35-,37+/m1/s1. The fraction of sp³-hybridized carbons (Fsp3) is 0.297. The minimum absolute atomic E-state index is 0.138. The lowest BCUT2D eigenvalue weighted by Gasteiger charge is -2.45. The van der Waals surface area contributed by atoms with E-state index in [1.165, 1.54) is 7.11 Å². The van der Waals surface area contributed by atoms with Crippen molar-refractivity contribution in [3.05, 3.63) is 120 Å².